The summed E-state index contributed by atoms with van der Waals surface area (Å²) in [5.74, 6) is 1.00. The molecular formula is C29H36F2N8O4. The number of hydrogen-bond donors (Lipinski definition) is 1. The maximum absolute atomic E-state index is 14.1. The Morgan fingerprint density at radius 3 is 2.35 bits per heavy atom. The average molecular weight is 599 g/mol. The number of anilines is 2. The summed E-state index contributed by atoms with van der Waals surface area (Å²) in [6.45, 7) is 6.19. The van der Waals surface area contributed by atoms with Crippen LogP contribution in [0.1, 0.15) is 31.5 Å². The van der Waals surface area contributed by atoms with Crippen LogP contribution < -0.4 is 10.2 Å². The standard InChI is InChI=1S/C29H36F2N8O4/c30-27(31)28-33-21-3-1-2-4-22(21)39(28)24-17-23(34-29(35-24)37-11-15-43-16-12-37)32-18-20-7-8-38(19-20)26(41)6-5-25(40)36-9-13-42-14-10-36/h1-4,17,20,27H,5-16,18-19H2,(H,32,34,35)/t20-/m1/s1. The maximum Gasteiger partial charge on any atom is 0.296 e. The zero-order valence-electron chi connectivity index (χ0n) is 24.0. The third kappa shape index (κ3) is 6.69. The molecule has 2 amide bonds. The van der Waals surface area contributed by atoms with E-state index in [2.05, 4.69) is 10.3 Å². The Hall–Kier alpha value is -3.91. The van der Waals surface area contributed by atoms with Crippen LogP contribution in [-0.4, -0.2) is 113 Å². The quantitative estimate of drug-likeness (QED) is 0.397. The van der Waals surface area contributed by atoms with Crippen molar-refractivity contribution >= 4 is 34.6 Å². The third-order valence-electron chi connectivity index (χ3n) is 8.13. The highest BCUT2D eigenvalue weighted by Crippen LogP contribution is 2.29. The summed E-state index contributed by atoms with van der Waals surface area (Å²) >= 11 is 0. The van der Waals surface area contributed by atoms with Crippen LogP contribution in [0.5, 0.6) is 0 Å². The van der Waals surface area contributed by atoms with Gasteiger partial charge in [-0.1, -0.05) is 12.1 Å². The number of carbonyl (C=O) groups excluding carboxylic acids is 2. The van der Waals surface area contributed by atoms with Crippen molar-refractivity contribution in [3.8, 4) is 5.82 Å². The number of likely N-dealkylation sites (tertiary alicyclic amines) is 1. The Bertz CT molecular complexity index is 1440. The largest absolute Gasteiger partial charge is 0.378 e. The van der Waals surface area contributed by atoms with Crippen molar-refractivity contribution in [2.24, 2.45) is 5.92 Å². The highest BCUT2D eigenvalue weighted by molar-refractivity contribution is 5.84. The lowest BCUT2D eigenvalue weighted by atomic mass is 10.1. The Labute approximate surface area is 248 Å². The number of aromatic nitrogens is 4. The third-order valence-corrected chi connectivity index (χ3v) is 8.13. The van der Waals surface area contributed by atoms with Crippen molar-refractivity contribution in [2.75, 3.05) is 82.5 Å². The molecule has 1 N–H and O–H groups in total. The van der Waals surface area contributed by atoms with E-state index in [1.54, 1.807) is 35.2 Å². The number of amides is 2. The molecule has 2 aromatic heterocycles. The molecule has 1 aromatic carbocycles. The summed E-state index contributed by atoms with van der Waals surface area (Å²) in [5, 5.41) is 3.38. The minimum atomic E-state index is -2.79. The lowest BCUT2D eigenvalue weighted by Crippen LogP contribution is -2.41. The second kappa shape index (κ2) is 13.2. The maximum atomic E-state index is 14.1. The van der Waals surface area contributed by atoms with E-state index in [9.17, 15) is 18.4 Å². The Morgan fingerprint density at radius 1 is 0.907 bits per heavy atom. The van der Waals surface area contributed by atoms with E-state index >= 15 is 0 Å². The van der Waals surface area contributed by atoms with Crippen LogP contribution in [0, 0.1) is 5.92 Å². The van der Waals surface area contributed by atoms with Crippen molar-refractivity contribution in [1.82, 2.24) is 29.3 Å². The molecule has 0 spiro atoms. The molecule has 5 heterocycles. The number of nitrogens with zero attached hydrogens (tertiary/aromatic N) is 7. The summed E-state index contributed by atoms with van der Waals surface area (Å²) < 4.78 is 40.4. The number of alkyl halides is 2. The van der Waals surface area contributed by atoms with Gasteiger partial charge < -0.3 is 29.5 Å². The molecule has 0 aliphatic carbocycles. The fraction of sp³-hybridized carbons (Fsp3) is 0.552. The zero-order valence-corrected chi connectivity index (χ0v) is 24.0. The van der Waals surface area contributed by atoms with Crippen LogP contribution in [0.3, 0.4) is 0 Å². The van der Waals surface area contributed by atoms with Gasteiger partial charge in [-0.05, 0) is 24.5 Å². The molecule has 0 saturated carbocycles. The number of morpholine rings is 2. The van der Waals surface area contributed by atoms with Gasteiger partial charge in [-0.3, -0.25) is 14.2 Å². The van der Waals surface area contributed by atoms with Gasteiger partial charge in [0.25, 0.3) is 6.43 Å². The van der Waals surface area contributed by atoms with Crippen molar-refractivity contribution < 1.29 is 27.8 Å². The average Bonchev–Trinajstić information content (AvgIpc) is 3.69. The van der Waals surface area contributed by atoms with E-state index in [0.29, 0.717) is 101 Å². The van der Waals surface area contributed by atoms with E-state index in [0.717, 1.165) is 6.42 Å². The van der Waals surface area contributed by atoms with Gasteiger partial charge in [0.05, 0.1) is 37.5 Å². The second-order valence-electron chi connectivity index (χ2n) is 11.0. The molecule has 3 aliphatic rings. The Morgan fingerprint density at radius 2 is 1.60 bits per heavy atom. The first kappa shape index (κ1) is 29.2. The molecule has 3 aromatic rings. The van der Waals surface area contributed by atoms with Crippen LogP contribution in [0.25, 0.3) is 16.9 Å². The van der Waals surface area contributed by atoms with Crippen LogP contribution in [0.15, 0.2) is 30.3 Å². The zero-order chi connectivity index (χ0) is 29.8. The Balaban J connectivity index is 1.15. The van der Waals surface area contributed by atoms with Crippen LogP contribution in [0.4, 0.5) is 20.5 Å². The van der Waals surface area contributed by atoms with Crippen molar-refractivity contribution in [3.05, 3.63) is 36.2 Å². The van der Waals surface area contributed by atoms with E-state index < -0.39 is 6.43 Å². The molecule has 0 bridgehead atoms. The summed E-state index contributed by atoms with van der Waals surface area (Å²) in [5.41, 5.74) is 0.994. The van der Waals surface area contributed by atoms with E-state index in [-0.39, 0.29) is 36.4 Å². The number of ether oxygens (including phenoxy) is 2. The molecule has 1 atom stereocenters. The second-order valence-corrected chi connectivity index (χ2v) is 11.0. The fourth-order valence-electron chi connectivity index (χ4n) is 5.78. The summed E-state index contributed by atoms with van der Waals surface area (Å²) in [7, 11) is 0. The van der Waals surface area contributed by atoms with Gasteiger partial charge >= 0.3 is 0 Å². The molecule has 3 fully saturated rings. The predicted octanol–water partition coefficient (Wildman–Crippen LogP) is 2.49. The van der Waals surface area contributed by atoms with E-state index in [1.165, 1.54) is 4.57 Å². The molecule has 3 aliphatic heterocycles. The molecule has 43 heavy (non-hydrogen) atoms. The number of nitrogens with one attached hydrogen (secondary N) is 1. The number of fused-ring (bicyclic) bond motifs is 1. The van der Waals surface area contributed by atoms with Crippen molar-refractivity contribution in [2.45, 2.75) is 25.7 Å². The van der Waals surface area contributed by atoms with Crippen LogP contribution in [0.2, 0.25) is 0 Å². The highest BCUT2D eigenvalue weighted by Gasteiger charge is 2.28. The van der Waals surface area contributed by atoms with Gasteiger partial charge in [-0.15, -0.1) is 0 Å². The lowest BCUT2D eigenvalue weighted by molar-refractivity contribution is -0.139. The molecule has 230 valence electrons. The van der Waals surface area contributed by atoms with Crippen LogP contribution >= 0.6 is 0 Å². The van der Waals surface area contributed by atoms with Gasteiger partial charge in [0.2, 0.25) is 17.8 Å². The SMILES string of the molecule is O=C(CCC(=O)N1CC[C@H](CNc2cc(-n3c(C(F)F)nc4ccccc43)nc(N3CCOCC3)n2)C1)N1CCOCC1. The number of carbonyl (C=O) groups is 2. The first-order valence-corrected chi connectivity index (χ1v) is 14.8. The molecule has 0 unspecified atom stereocenters. The minimum Gasteiger partial charge on any atom is -0.378 e. The Kier molecular flexibility index (Phi) is 8.93. The molecule has 3 saturated heterocycles. The van der Waals surface area contributed by atoms with Gasteiger partial charge in [-0.25, -0.2) is 13.8 Å². The fourth-order valence-corrected chi connectivity index (χ4v) is 5.78. The van der Waals surface area contributed by atoms with Gasteiger partial charge in [0, 0.05) is 64.7 Å². The molecule has 0 radical (unpaired) electrons. The normalized spacial score (nSPS) is 19.4. The van der Waals surface area contributed by atoms with Gasteiger partial charge in [-0.2, -0.15) is 9.97 Å². The highest BCUT2D eigenvalue weighted by atomic mass is 19.3. The number of benzene rings is 1. The molecule has 14 heteroatoms. The first-order valence-electron chi connectivity index (χ1n) is 14.8. The topological polar surface area (TPSA) is 118 Å². The first-order chi connectivity index (χ1) is 21.0. The minimum absolute atomic E-state index is 0.00892. The van der Waals surface area contributed by atoms with Crippen molar-refractivity contribution in [3.63, 3.8) is 0 Å². The lowest BCUT2D eigenvalue weighted by Gasteiger charge is -2.27. The molecular weight excluding hydrogens is 562 g/mol. The van der Waals surface area contributed by atoms with Gasteiger partial charge in [0.15, 0.2) is 5.82 Å². The van der Waals surface area contributed by atoms with Crippen LogP contribution in [-0.2, 0) is 19.1 Å². The number of para-hydroxylation sites is 2. The number of halogens is 2. The monoisotopic (exact) mass is 598 g/mol. The van der Waals surface area contributed by atoms with Crippen molar-refractivity contribution in [1.29, 1.82) is 0 Å². The number of rotatable bonds is 9. The summed E-state index contributed by atoms with van der Waals surface area (Å²) in [6, 6.07) is 8.66. The molecule has 12 nitrogen and oxygen atoms in total. The number of hydrogen-bond acceptors (Lipinski definition) is 9. The summed E-state index contributed by atoms with van der Waals surface area (Å²) in [6.07, 6.45) is -1.58. The summed E-state index contributed by atoms with van der Waals surface area (Å²) in [4.78, 5) is 44.4. The van der Waals surface area contributed by atoms with E-state index in [1.807, 2.05) is 9.80 Å². The smallest absolute Gasteiger partial charge is 0.296 e. The molecule has 6 rings (SSSR count). The number of imidazole rings is 1. The predicted molar refractivity (Wildman–Crippen MR) is 154 cm³/mol. The van der Waals surface area contributed by atoms with E-state index in [4.69, 9.17) is 19.4 Å². The van der Waals surface area contributed by atoms with Gasteiger partial charge in [0.1, 0.15) is 11.6 Å².